The molecule has 0 bridgehead atoms. The zero-order valence-electron chi connectivity index (χ0n) is 10.1. The largest absolute Gasteiger partial charge is 0.246 e. The Hall–Kier alpha value is -1.28. The van der Waals surface area contributed by atoms with Crippen LogP contribution in [0.4, 0.5) is 0 Å². The number of benzene rings is 1. The lowest BCUT2D eigenvalue weighted by Gasteiger charge is -2.08. The van der Waals surface area contributed by atoms with E-state index in [1.165, 1.54) is 21.7 Å². The summed E-state index contributed by atoms with van der Waals surface area (Å²) in [7, 11) is 0. The molecule has 0 fully saturated rings. The first-order chi connectivity index (χ1) is 8.24. The van der Waals surface area contributed by atoms with Gasteiger partial charge in [0.1, 0.15) is 5.03 Å². The molecule has 1 aromatic heterocycles. The van der Waals surface area contributed by atoms with Gasteiger partial charge in [-0.3, -0.25) is 0 Å². The van der Waals surface area contributed by atoms with Crippen LogP contribution in [0.1, 0.15) is 18.2 Å². The molecule has 2 aromatic rings. The van der Waals surface area contributed by atoms with Crippen LogP contribution in [0.25, 0.3) is 11.1 Å². The summed E-state index contributed by atoms with van der Waals surface area (Å²) in [6.45, 7) is 4.35. The van der Waals surface area contributed by atoms with E-state index in [0.717, 1.165) is 12.1 Å². The molecule has 1 aliphatic rings. The monoisotopic (exact) mass is 241 g/mol. The van der Waals surface area contributed by atoms with Crippen molar-refractivity contribution in [3.05, 3.63) is 47.7 Å². The van der Waals surface area contributed by atoms with Crippen LogP contribution in [-0.4, -0.2) is 10.2 Å². The molecule has 3 rings (SSSR count). The zero-order valence-corrected chi connectivity index (χ0v) is 10.9. The molecule has 0 amide bonds. The third kappa shape index (κ3) is 1.98. The van der Waals surface area contributed by atoms with E-state index in [4.69, 9.17) is 0 Å². The minimum atomic E-state index is 0.654. The van der Waals surface area contributed by atoms with Gasteiger partial charge in [-0.15, -0.1) is 11.8 Å². The third-order valence-electron chi connectivity index (χ3n) is 3.10. The lowest BCUT2D eigenvalue weighted by atomic mass is 9.98. The fourth-order valence-electron chi connectivity index (χ4n) is 2.36. The van der Waals surface area contributed by atoms with Gasteiger partial charge >= 0.3 is 0 Å². The topological polar surface area (TPSA) is 12.9 Å². The molecule has 0 spiro atoms. The second-order valence-electron chi connectivity index (χ2n) is 4.59. The summed E-state index contributed by atoms with van der Waals surface area (Å²) < 4.78 is 0. The predicted octanol–water partition coefficient (Wildman–Crippen LogP) is 4.09. The lowest BCUT2D eigenvalue weighted by molar-refractivity contribution is 0.937. The minimum Gasteiger partial charge on any atom is -0.246 e. The molecule has 0 saturated heterocycles. The Labute approximate surface area is 106 Å². The van der Waals surface area contributed by atoms with Crippen LogP contribution >= 0.6 is 11.8 Å². The average molecular weight is 241 g/mol. The van der Waals surface area contributed by atoms with Crippen LogP contribution in [0.5, 0.6) is 0 Å². The van der Waals surface area contributed by atoms with E-state index in [2.05, 4.69) is 55.2 Å². The molecule has 86 valence electrons. The van der Waals surface area contributed by atoms with E-state index in [-0.39, 0.29) is 0 Å². The molecular formula is C15H15NS. The maximum Gasteiger partial charge on any atom is 0.100 e. The van der Waals surface area contributed by atoms with E-state index < -0.39 is 0 Å². The molecule has 1 aliphatic heterocycles. The molecule has 2 heteroatoms. The van der Waals surface area contributed by atoms with Gasteiger partial charge in [0, 0.05) is 10.9 Å². The van der Waals surface area contributed by atoms with Crippen molar-refractivity contribution in [3.63, 3.8) is 0 Å². The van der Waals surface area contributed by atoms with Crippen molar-refractivity contribution in [3.8, 4) is 11.1 Å². The van der Waals surface area contributed by atoms with Gasteiger partial charge in [0.25, 0.3) is 0 Å². The number of hydrogen-bond acceptors (Lipinski definition) is 2. The SMILES string of the molecule is Cc1cc(-c2ccccc2)c2c(n1)SC(C)C2. The molecule has 1 nitrogen and oxygen atoms in total. The van der Waals surface area contributed by atoms with Crippen LogP contribution in [0.15, 0.2) is 41.4 Å². The first kappa shape index (κ1) is 10.8. The Kier molecular flexibility index (Phi) is 2.67. The molecule has 1 aromatic carbocycles. The van der Waals surface area contributed by atoms with E-state index in [0.29, 0.717) is 5.25 Å². The number of nitrogens with zero attached hydrogens (tertiary/aromatic N) is 1. The molecule has 0 N–H and O–H groups in total. The van der Waals surface area contributed by atoms with E-state index in [9.17, 15) is 0 Å². The Morgan fingerprint density at radius 3 is 2.76 bits per heavy atom. The first-order valence-electron chi connectivity index (χ1n) is 5.96. The fraction of sp³-hybridized carbons (Fsp3) is 0.267. The summed E-state index contributed by atoms with van der Waals surface area (Å²) in [5.41, 5.74) is 5.22. The van der Waals surface area contributed by atoms with E-state index in [1.807, 2.05) is 11.8 Å². The number of rotatable bonds is 1. The highest BCUT2D eigenvalue weighted by atomic mass is 32.2. The van der Waals surface area contributed by atoms with Crippen molar-refractivity contribution >= 4 is 11.8 Å². The van der Waals surface area contributed by atoms with Gasteiger partial charge in [-0.2, -0.15) is 0 Å². The van der Waals surface area contributed by atoms with Crippen LogP contribution < -0.4 is 0 Å². The van der Waals surface area contributed by atoms with Gasteiger partial charge < -0.3 is 0 Å². The number of pyridine rings is 1. The summed E-state index contributed by atoms with van der Waals surface area (Å²) in [6, 6.07) is 12.8. The number of hydrogen-bond donors (Lipinski definition) is 0. The van der Waals surface area contributed by atoms with Gasteiger partial charge in [0.2, 0.25) is 0 Å². The average Bonchev–Trinajstić information content (AvgIpc) is 2.69. The van der Waals surface area contributed by atoms with Gasteiger partial charge in [-0.05, 0) is 36.1 Å². The Bertz CT molecular complexity index is 548. The second kappa shape index (κ2) is 4.19. The number of aryl methyl sites for hydroxylation is 1. The molecular weight excluding hydrogens is 226 g/mol. The zero-order chi connectivity index (χ0) is 11.8. The summed E-state index contributed by atoms with van der Waals surface area (Å²) in [6.07, 6.45) is 1.14. The standard InChI is InChI=1S/C15H15NS/c1-10-8-13(12-6-4-3-5-7-12)14-9-11(2)17-15(14)16-10/h3-8,11H,9H2,1-2H3. The summed E-state index contributed by atoms with van der Waals surface area (Å²) in [5, 5.41) is 1.89. The summed E-state index contributed by atoms with van der Waals surface area (Å²) in [5.74, 6) is 0. The Morgan fingerprint density at radius 1 is 1.24 bits per heavy atom. The van der Waals surface area contributed by atoms with Gasteiger partial charge in [-0.25, -0.2) is 4.98 Å². The molecule has 17 heavy (non-hydrogen) atoms. The molecule has 0 radical (unpaired) electrons. The van der Waals surface area contributed by atoms with Gasteiger partial charge in [0.05, 0.1) is 0 Å². The molecule has 2 heterocycles. The first-order valence-corrected chi connectivity index (χ1v) is 6.84. The van der Waals surface area contributed by atoms with Gasteiger partial charge in [-0.1, -0.05) is 37.3 Å². The molecule has 0 saturated carbocycles. The van der Waals surface area contributed by atoms with Crippen LogP contribution in [0, 0.1) is 6.92 Å². The highest BCUT2D eigenvalue weighted by Crippen LogP contribution is 2.40. The second-order valence-corrected chi connectivity index (χ2v) is 6.02. The van der Waals surface area contributed by atoms with Crippen LogP contribution in [-0.2, 0) is 6.42 Å². The van der Waals surface area contributed by atoms with Crippen molar-refractivity contribution in [2.75, 3.05) is 0 Å². The normalized spacial score (nSPS) is 18.1. The van der Waals surface area contributed by atoms with Crippen molar-refractivity contribution in [2.24, 2.45) is 0 Å². The summed E-state index contributed by atoms with van der Waals surface area (Å²) in [4.78, 5) is 4.65. The smallest absolute Gasteiger partial charge is 0.100 e. The van der Waals surface area contributed by atoms with Crippen LogP contribution in [0.2, 0.25) is 0 Å². The number of aromatic nitrogens is 1. The predicted molar refractivity (Wildman–Crippen MR) is 73.4 cm³/mol. The van der Waals surface area contributed by atoms with Crippen molar-refractivity contribution < 1.29 is 0 Å². The lowest BCUT2D eigenvalue weighted by Crippen LogP contribution is -1.95. The van der Waals surface area contributed by atoms with Crippen LogP contribution in [0.3, 0.4) is 0 Å². The third-order valence-corrected chi connectivity index (χ3v) is 4.23. The van der Waals surface area contributed by atoms with Crippen molar-refractivity contribution in [2.45, 2.75) is 30.5 Å². The van der Waals surface area contributed by atoms with Crippen molar-refractivity contribution in [1.29, 1.82) is 0 Å². The maximum atomic E-state index is 4.65. The van der Waals surface area contributed by atoms with E-state index in [1.54, 1.807) is 0 Å². The highest BCUT2D eigenvalue weighted by molar-refractivity contribution is 8.00. The quantitative estimate of drug-likeness (QED) is 0.745. The number of fused-ring (bicyclic) bond motifs is 1. The molecule has 1 unspecified atom stereocenters. The van der Waals surface area contributed by atoms with Crippen molar-refractivity contribution in [1.82, 2.24) is 4.98 Å². The molecule has 0 aliphatic carbocycles. The Balaban J connectivity index is 2.18. The Morgan fingerprint density at radius 2 is 2.00 bits per heavy atom. The summed E-state index contributed by atoms with van der Waals surface area (Å²) >= 11 is 1.90. The minimum absolute atomic E-state index is 0.654. The van der Waals surface area contributed by atoms with Gasteiger partial charge in [0.15, 0.2) is 0 Å². The highest BCUT2D eigenvalue weighted by Gasteiger charge is 2.23. The number of thioether (sulfide) groups is 1. The fourth-order valence-corrected chi connectivity index (χ4v) is 3.52. The maximum absolute atomic E-state index is 4.65. The van der Waals surface area contributed by atoms with E-state index >= 15 is 0 Å². The molecule has 1 atom stereocenters.